The van der Waals surface area contributed by atoms with E-state index in [0.717, 1.165) is 24.4 Å². The van der Waals surface area contributed by atoms with Gasteiger partial charge in [-0.3, -0.25) is 4.98 Å². The first-order chi connectivity index (χ1) is 11.1. The van der Waals surface area contributed by atoms with Crippen LogP contribution in [-0.4, -0.2) is 24.7 Å². The lowest BCUT2D eigenvalue weighted by Gasteiger charge is -2.16. The minimum atomic E-state index is 0.651. The summed E-state index contributed by atoms with van der Waals surface area (Å²) in [6.45, 7) is 10.0. The highest BCUT2D eigenvalue weighted by atomic mass is 16.5. The summed E-state index contributed by atoms with van der Waals surface area (Å²) >= 11 is 0. The van der Waals surface area contributed by atoms with Crippen LogP contribution in [0.4, 0.5) is 11.4 Å². The molecule has 0 bridgehead atoms. The van der Waals surface area contributed by atoms with Crippen molar-refractivity contribution in [2.45, 2.75) is 20.3 Å². The standard InChI is InChI=1S/C19H25N3O/c1-4-5-6-16(14(2)3)12-21-19-11-18(22-13-17(19)20)15-7-9-23-10-8-15/h4-7,11,13H,1,8-10,12,20H2,2-3H3,(H,21,22)/b6-5-. The van der Waals surface area contributed by atoms with Gasteiger partial charge in [0.1, 0.15) is 0 Å². The third-order valence-corrected chi connectivity index (χ3v) is 3.77. The second-order valence-electron chi connectivity index (χ2n) is 5.68. The Balaban J connectivity index is 2.16. The molecule has 4 heteroatoms. The maximum Gasteiger partial charge on any atom is 0.0736 e. The third kappa shape index (κ3) is 4.83. The number of nitrogen functional groups attached to an aromatic ring is 1. The lowest BCUT2D eigenvalue weighted by atomic mass is 10.1. The molecule has 0 unspecified atom stereocenters. The van der Waals surface area contributed by atoms with Crippen molar-refractivity contribution in [2.24, 2.45) is 0 Å². The molecule has 0 fully saturated rings. The molecule has 1 aliphatic heterocycles. The molecule has 122 valence electrons. The summed E-state index contributed by atoms with van der Waals surface area (Å²) in [6.07, 6.45) is 10.5. The molecule has 0 radical (unpaired) electrons. The van der Waals surface area contributed by atoms with Crippen molar-refractivity contribution in [2.75, 3.05) is 30.8 Å². The first kappa shape index (κ1) is 17.0. The lowest BCUT2D eigenvalue weighted by Crippen LogP contribution is -2.09. The Hall–Kier alpha value is -2.33. The topological polar surface area (TPSA) is 60.2 Å². The van der Waals surface area contributed by atoms with Crippen molar-refractivity contribution < 1.29 is 4.74 Å². The number of hydrogen-bond donors (Lipinski definition) is 2. The zero-order valence-electron chi connectivity index (χ0n) is 13.9. The van der Waals surface area contributed by atoms with Crippen LogP contribution in [0, 0.1) is 0 Å². The summed E-state index contributed by atoms with van der Waals surface area (Å²) < 4.78 is 5.35. The number of nitrogens with one attached hydrogen (secondary N) is 1. The molecule has 3 N–H and O–H groups in total. The molecule has 0 amide bonds. The molecule has 0 atom stereocenters. The van der Waals surface area contributed by atoms with Gasteiger partial charge in [-0.15, -0.1) is 0 Å². The maximum absolute atomic E-state index is 6.06. The number of rotatable bonds is 6. The smallest absolute Gasteiger partial charge is 0.0736 e. The Morgan fingerprint density at radius 1 is 1.48 bits per heavy atom. The molecule has 2 rings (SSSR count). The molecule has 1 aliphatic rings. The molecule has 0 saturated heterocycles. The van der Waals surface area contributed by atoms with E-state index in [0.29, 0.717) is 18.8 Å². The fraction of sp³-hybridized carbons (Fsp3) is 0.316. The van der Waals surface area contributed by atoms with E-state index in [1.807, 2.05) is 12.1 Å². The van der Waals surface area contributed by atoms with Crippen molar-refractivity contribution in [1.82, 2.24) is 4.98 Å². The van der Waals surface area contributed by atoms with E-state index in [4.69, 9.17) is 10.5 Å². The number of anilines is 2. The van der Waals surface area contributed by atoms with Crippen LogP contribution >= 0.6 is 0 Å². The highest BCUT2D eigenvalue weighted by Gasteiger charge is 2.10. The zero-order valence-corrected chi connectivity index (χ0v) is 13.9. The van der Waals surface area contributed by atoms with Gasteiger partial charge >= 0.3 is 0 Å². The normalized spacial score (nSPS) is 14.4. The third-order valence-electron chi connectivity index (χ3n) is 3.77. The number of allylic oxidation sites excluding steroid dienone is 3. The van der Waals surface area contributed by atoms with E-state index in [1.165, 1.54) is 16.7 Å². The minimum absolute atomic E-state index is 0.651. The van der Waals surface area contributed by atoms with Crippen molar-refractivity contribution >= 4 is 16.9 Å². The van der Waals surface area contributed by atoms with Gasteiger partial charge in [-0.25, -0.2) is 0 Å². The number of nitrogens with zero attached hydrogens (tertiary/aromatic N) is 1. The van der Waals surface area contributed by atoms with E-state index in [1.54, 1.807) is 12.3 Å². The van der Waals surface area contributed by atoms with Crippen molar-refractivity contribution in [1.29, 1.82) is 0 Å². The van der Waals surface area contributed by atoms with Gasteiger partial charge in [0.2, 0.25) is 0 Å². The largest absolute Gasteiger partial charge is 0.396 e. The van der Waals surface area contributed by atoms with Crippen LogP contribution in [0.15, 0.2) is 54.3 Å². The number of hydrogen-bond acceptors (Lipinski definition) is 4. The predicted molar refractivity (Wildman–Crippen MR) is 98.3 cm³/mol. The quantitative estimate of drug-likeness (QED) is 0.781. The maximum atomic E-state index is 6.06. The van der Waals surface area contributed by atoms with Gasteiger partial charge in [0.25, 0.3) is 0 Å². The Morgan fingerprint density at radius 2 is 2.30 bits per heavy atom. The van der Waals surface area contributed by atoms with Crippen LogP contribution in [-0.2, 0) is 4.74 Å². The molecule has 2 heterocycles. The van der Waals surface area contributed by atoms with E-state index < -0.39 is 0 Å². The number of nitrogens with two attached hydrogens (primary N) is 1. The van der Waals surface area contributed by atoms with Crippen LogP contribution in [0.25, 0.3) is 5.57 Å². The van der Waals surface area contributed by atoms with Crippen LogP contribution in [0.2, 0.25) is 0 Å². The van der Waals surface area contributed by atoms with Gasteiger partial charge in [0, 0.05) is 6.54 Å². The summed E-state index contributed by atoms with van der Waals surface area (Å²) in [5.41, 5.74) is 12.3. The van der Waals surface area contributed by atoms with Gasteiger partial charge < -0.3 is 15.8 Å². The Morgan fingerprint density at radius 3 is 2.96 bits per heavy atom. The minimum Gasteiger partial charge on any atom is -0.396 e. The first-order valence-corrected chi connectivity index (χ1v) is 7.84. The summed E-state index contributed by atoms with van der Waals surface area (Å²) in [5.74, 6) is 0. The SMILES string of the molecule is C=C/C=C\C(CNc1cc(C2=CCOCC2)ncc1N)=C(C)C. The van der Waals surface area contributed by atoms with Crippen LogP contribution in [0.1, 0.15) is 26.0 Å². The molecule has 1 aromatic heterocycles. The fourth-order valence-corrected chi connectivity index (χ4v) is 2.33. The van der Waals surface area contributed by atoms with Gasteiger partial charge in [0.15, 0.2) is 0 Å². The Labute approximate surface area is 138 Å². The summed E-state index contributed by atoms with van der Waals surface area (Å²) in [4.78, 5) is 4.45. The van der Waals surface area contributed by atoms with Crippen LogP contribution in [0.5, 0.6) is 0 Å². The molecular formula is C19H25N3O. The second kappa shape index (κ2) is 8.34. The van der Waals surface area contributed by atoms with E-state index in [2.05, 4.69) is 42.9 Å². The molecule has 0 spiro atoms. The monoisotopic (exact) mass is 311 g/mol. The summed E-state index contributed by atoms with van der Waals surface area (Å²) in [5, 5.41) is 3.42. The summed E-state index contributed by atoms with van der Waals surface area (Å²) in [7, 11) is 0. The number of aromatic nitrogens is 1. The average Bonchev–Trinajstić information content (AvgIpc) is 2.57. The fourth-order valence-electron chi connectivity index (χ4n) is 2.33. The summed E-state index contributed by atoms with van der Waals surface area (Å²) in [6, 6.07) is 2.02. The molecule has 0 aromatic carbocycles. The zero-order chi connectivity index (χ0) is 16.7. The lowest BCUT2D eigenvalue weighted by molar-refractivity contribution is 0.161. The van der Waals surface area contributed by atoms with Gasteiger partial charge in [-0.05, 0) is 37.5 Å². The highest BCUT2D eigenvalue weighted by Crippen LogP contribution is 2.25. The Kier molecular flexibility index (Phi) is 6.18. The van der Waals surface area contributed by atoms with E-state index >= 15 is 0 Å². The highest BCUT2D eigenvalue weighted by molar-refractivity contribution is 5.73. The Bertz CT molecular complexity index is 653. The average molecular weight is 311 g/mol. The van der Waals surface area contributed by atoms with Gasteiger partial charge in [0.05, 0.1) is 36.5 Å². The number of ether oxygens (including phenoxy) is 1. The molecule has 23 heavy (non-hydrogen) atoms. The van der Waals surface area contributed by atoms with E-state index in [9.17, 15) is 0 Å². The van der Waals surface area contributed by atoms with Gasteiger partial charge in [-0.2, -0.15) is 0 Å². The first-order valence-electron chi connectivity index (χ1n) is 7.84. The molecule has 0 saturated carbocycles. The molecular weight excluding hydrogens is 286 g/mol. The second-order valence-corrected chi connectivity index (χ2v) is 5.68. The van der Waals surface area contributed by atoms with Crippen molar-refractivity contribution in [3.05, 3.63) is 60.0 Å². The van der Waals surface area contributed by atoms with Gasteiger partial charge in [-0.1, -0.05) is 36.5 Å². The molecule has 0 aliphatic carbocycles. The molecule has 4 nitrogen and oxygen atoms in total. The molecule has 1 aromatic rings. The number of pyridine rings is 1. The predicted octanol–water partition coefficient (Wildman–Crippen LogP) is 3.96. The van der Waals surface area contributed by atoms with E-state index in [-0.39, 0.29) is 0 Å². The van der Waals surface area contributed by atoms with Crippen molar-refractivity contribution in [3.8, 4) is 0 Å². The van der Waals surface area contributed by atoms with Crippen molar-refractivity contribution in [3.63, 3.8) is 0 Å². The van der Waals surface area contributed by atoms with Crippen LogP contribution < -0.4 is 11.1 Å². The van der Waals surface area contributed by atoms with Crippen LogP contribution in [0.3, 0.4) is 0 Å².